The fourth-order valence-corrected chi connectivity index (χ4v) is 1.89. The number of hydrogen-bond donors (Lipinski definition) is 2. The van der Waals surface area contributed by atoms with Gasteiger partial charge in [0.2, 0.25) is 0 Å². The molecule has 1 aromatic carbocycles. The molecule has 3 N–H and O–H groups in total. The predicted octanol–water partition coefficient (Wildman–Crippen LogP) is 3.52. The average Bonchev–Trinajstić information content (AvgIpc) is 2.40. The summed E-state index contributed by atoms with van der Waals surface area (Å²) in [5.74, 6) is 6.35. The summed E-state index contributed by atoms with van der Waals surface area (Å²) in [6.45, 7) is 2.80. The van der Waals surface area contributed by atoms with Gasteiger partial charge in [-0.3, -0.25) is 11.3 Å². The molecule has 3 nitrogen and oxygen atoms in total. The molecule has 0 aliphatic heterocycles. The van der Waals surface area contributed by atoms with Gasteiger partial charge in [-0.25, -0.2) is 0 Å². The summed E-state index contributed by atoms with van der Waals surface area (Å²) in [6.07, 6.45) is 6.03. The normalized spacial score (nSPS) is 12.4. The smallest absolute Gasteiger partial charge is 0.119 e. The number of nitrogens with two attached hydrogens (primary N) is 1. The van der Waals surface area contributed by atoms with E-state index in [-0.39, 0.29) is 6.04 Å². The van der Waals surface area contributed by atoms with Crippen LogP contribution in [0.15, 0.2) is 24.3 Å². The SMILES string of the molecule is CCCCCCC(COc1ccc(Cl)cc1)NN. The van der Waals surface area contributed by atoms with Gasteiger partial charge < -0.3 is 4.74 Å². The predicted molar refractivity (Wildman–Crippen MR) is 76.8 cm³/mol. The van der Waals surface area contributed by atoms with Crippen molar-refractivity contribution in [3.63, 3.8) is 0 Å². The number of nitrogens with one attached hydrogen (secondary N) is 1. The Labute approximate surface area is 115 Å². The molecule has 4 heteroatoms. The zero-order valence-corrected chi connectivity index (χ0v) is 11.7. The number of rotatable bonds is 9. The highest BCUT2D eigenvalue weighted by Crippen LogP contribution is 2.16. The topological polar surface area (TPSA) is 47.3 Å². The third-order valence-electron chi connectivity index (χ3n) is 2.91. The molecule has 0 aliphatic carbocycles. The molecule has 102 valence electrons. The standard InChI is InChI=1S/C14H23ClN2O/c1-2-3-4-5-6-13(17-16)11-18-14-9-7-12(15)8-10-14/h7-10,13,17H,2-6,11,16H2,1H3. The van der Waals surface area contributed by atoms with Gasteiger partial charge >= 0.3 is 0 Å². The molecule has 0 fully saturated rings. The monoisotopic (exact) mass is 270 g/mol. The Bertz CT molecular complexity index is 316. The highest BCUT2D eigenvalue weighted by Gasteiger charge is 2.07. The van der Waals surface area contributed by atoms with Gasteiger partial charge in [0.25, 0.3) is 0 Å². The van der Waals surface area contributed by atoms with E-state index in [1.807, 2.05) is 24.3 Å². The van der Waals surface area contributed by atoms with Crippen molar-refractivity contribution in [2.24, 2.45) is 5.84 Å². The Morgan fingerprint density at radius 3 is 2.56 bits per heavy atom. The van der Waals surface area contributed by atoms with Crippen molar-refractivity contribution in [2.75, 3.05) is 6.61 Å². The maximum absolute atomic E-state index is 5.81. The number of hydrazine groups is 1. The van der Waals surface area contributed by atoms with E-state index >= 15 is 0 Å². The van der Waals surface area contributed by atoms with E-state index in [0.29, 0.717) is 6.61 Å². The lowest BCUT2D eigenvalue weighted by molar-refractivity contribution is 0.254. The lowest BCUT2D eigenvalue weighted by Crippen LogP contribution is -2.39. The minimum absolute atomic E-state index is 0.206. The first-order valence-electron chi connectivity index (χ1n) is 6.60. The second-order valence-electron chi connectivity index (χ2n) is 4.48. The number of ether oxygens (including phenoxy) is 1. The van der Waals surface area contributed by atoms with Gasteiger partial charge in [0.1, 0.15) is 12.4 Å². The van der Waals surface area contributed by atoms with E-state index in [1.165, 1.54) is 25.7 Å². The molecule has 1 atom stereocenters. The maximum Gasteiger partial charge on any atom is 0.119 e. The lowest BCUT2D eigenvalue weighted by Gasteiger charge is -2.16. The lowest BCUT2D eigenvalue weighted by atomic mass is 10.1. The Balaban J connectivity index is 2.24. The number of hydrogen-bond acceptors (Lipinski definition) is 3. The van der Waals surface area contributed by atoms with Crippen LogP contribution in [-0.2, 0) is 0 Å². The second-order valence-corrected chi connectivity index (χ2v) is 4.91. The van der Waals surface area contributed by atoms with E-state index in [9.17, 15) is 0 Å². The molecule has 1 rings (SSSR count). The Hall–Kier alpha value is -0.770. The van der Waals surface area contributed by atoms with Crippen molar-refractivity contribution in [1.29, 1.82) is 0 Å². The number of unbranched alkanes of at least 4 members (excludes halogenated alkanes) is 3. The first-order chi connectivity index (χ1) is 8.76. The summed E-state index contributed by atoms with van der Waals surface area (Å²) < 4.78 is 5.67. The van der Waals surface area contributed by atoms with Gasteiger partial charge in [-0.05, 0) is 30.7 Å². The second kappa shape index (κ2) is 9.20. The summed E-state index contributed by atoms with van der Waals surface area (Å²) in [4.78, 5) is 0. The van der Waals surface area contributed by atoms with Crippen molar-refractivity contribution in [3.8, 4) is 5.75 Å². The summed E-state index contributed by atoms with van der Waals surface area (Å²) in [5.41, 5.74) is 2.81. The fourth-order valence-electron chi connectivity index (χ4n) is 1.76. The van der Waals surface area contributed by atoms with Gasteiger partial charge in [-0.2, -0.15) is 0 Å². The minimum atomic E-state index is 0.206. The maximum atomic E-state index is 5.81. The summed E-state index contributed by atoms with van der Waals surface area (Å²) in [7, 11) is 0. The first-order valence-corrected chi connectivity index (χ1v) is 6.98. The third-order valence-corrected chi connectivity index (χ3v) is 3.16. The molecule has 0 amide bonds. The Morgan fingerprint density at radius 1 is 1.22 bits per heavy atom. The molecule has 1 aromatic rings. The molecule has 0 heterocycles. The van der Waals surface area contributed by atoms with Crippen LogP contribution in [0.1, 0.15) is 39.0 Å². The van der Waals surface area contributed by atoms with Gasteiger partial charge in [-0.1, -0.05) is 44.2 Å². The molecule has 0 aliphatic rings. The van der Waals surface area contributed by atoms with Gasteiger partial charge in [-0.15, -0.1) is 0 Å². The van der Waals surface area contributed by atoms with Crippen LogP contribution in [0.4, 0.5) is 0 Å². The van der Waals surface area contributed by atoms with Crippen LogP contribution < -0.4 is 16.0 Å². The van der Waals surface area contributed by atoms with E-state index in [0.717, 1.165) is 17.2 Å². The molecule has 0 radical (unpaired) electrons. The Morgan fingerprint density at radius 2 is 1.94 bits per heavy atom. The molecular weight excluding hydrogens is 248 g/mol. The Kier molecular flexibility index (Phi) is 7.81. The molecule has 0 saturated carbocycles. The van der Waals surface area contributed by atoms with Crippen LogP contribution in [0, 0.1) is 0 Å². The van der Waals surface area contributed by atoms with Crippen molar-refractivity contribution in [2.45, 2.75) is 45.1 Å². The van der Waals surface area contributed by atoms with Crippen LogP contribution in [0.5, 0.6) is 5.75 Å². The van der Waals surface area contributed by atoms with Gasteiger partial charge in [0.15, 0.2) is 0 Å². The fraction of sp³-hybridized carbons (Fsp3) is 0.571. The van der Waals surface area contributed by atoms with Crippen molar-refractivity contribution in [1.82, 2.24) is 5.43 Å². The highest BCUT2D eigenvalue weighted by atomic mass is 35.5. The largest absolute Gasteiger partial charge is 0.492 e. The summed E-state index contributed by atoms with van der Waals surface area (Å²) >= 11 is 5.81. The molecule has 18 heavy (non-hydrogen) atoms. The van der Waals surface area contributed by atoms with Crippen LogP contribution >= 0.6 is 11.6 Å². The molecule has 1 unspecified atom stereocenters. The van der Waals surface area contributed by atoms with Crippen LogP contribution in [0.3, 0.4) is 0 Å². The quantitative estimate of drug-likeness (QED) is 0.410. The van der Waals surface area contributed by atoms with Crippen molar-refractivity contribution < 1.29 is 4.74 Å². The minimum Gasteiger partial charge on any atom is -0.492 e. The number of benzene rings is 1. The zero-order chi connectivity index (χ0) is 13.2. The highest BCUT2D eigenvalue weighted by molar-refractivity contribution is 6.30. The van der Waals surface area contributed by atoms with Crippen LogP contribution in [-0.4, -0.2) is 12.6 Å². The summed E-state index contributed by atoms with van der Waals surface area (Å²) in [5, 5.41) is 0.718. The third kappa shape index (κ3) is 6.24. The molecule has 0 bridgehead atoms. The van der Waals surface area contributed by atoms with Crippen molar-refractivity contribution in [3.05, 3.63) is 29.3 Å². The molecule has 0 spiro atoms. The summed E-state index contributed by atoms with van der Waals surface area (Å²) in [6, 6.07) is 7.59. The average molecular weight is 271 g/mol. The van der Waals surface area contributed by atoms with Crippen LogP contribution in [0.25, 0.3) is 0 Å². The zero-order valence-electron chi connectivity index (χ0n) is 11.0. The molecule has 0 saturated heterocycles. The van der Waals surface area contributed by atoms with Crippen LogP contribution in [0.2, 0.25) is 5.02 Å². The van der Waals surface area contributed by atoms with E-state index in [2.05, 4.69) is 12.3 Å². The van der Waals surface area contributed by atoms with Crippen molar-refractivity contribution >= 4 is 11.6 Å². The number of halogens is 1. The molecular formula is C14H23ClN2O. The van der Waals surface area contributed by atoms with E-state index < -0.39 is 0 Å². The van der Waals surface area contributed by atoms with E-state index in [1.54, 1.807) is 0 Å². The van der Waals surface area contributed by atoms with Gasteiger partial charge in [0.05, 0.1) is 6.04 Å². The molecule has 0 aromatic heterocycles. The first kappa shape index (κ1) is 15.3. The van der Waals surface area contributed by atoms with E-state index in [4.69, 9.17) is 22.2 Å². The van der Waals surface area contributed by atoms with Gasteiger partial charge in [0, 0.05) is 5.02 Å².